The zero-order chi connectivity index (χ0) is 16.5. The molecule has 0 amide bonds. The first kappa shape index (κ1) is 16.0. The Morgan fingerprint density at radius 2 is 1.95 bits per heavy atom. The fourth-order valence-corrected chi connectivity index (χ4v) is 3.92. The molecule has 118 valence electrons. The molecule has 0 fully saturated rings. The lowest BCUT2D eigenvalue weighted by Gasteiger charge is -2.11. The van der Waals surface area contributed by atoms with Gasteiger partial charge < -0.3 is 14.9 Å². The third kappa shape index (κ3) is 2.57. The van der Waals surface area contributed by atoms with Crippen LogP contribution in [-0.4, -0.2) is 24.4 Å². The molecule has 0 aliphatic carbocycles. The summed E-state index contributed by atoms with van der Waals surface area (Å²) in [5, 5.41) is 11.1. The highest BCUT2D eigenvalue weighted by molar-refractivity contribution is 7.90. The Labute approximate surface area is 128 Å². The second-order valence-electron chi connectivity index (χ2n) is 4.70. The molecule has 7 nitrogen and oxygen atoms in total. The molecular weight excluding hydrogens is 308 g/mol. The summed E-state index contributed by atoms with van der Waals surface area (Å²) in [5.41, 5.74) is 1.06. The van der Waals surface area contributed by atoms with Crippen LogP contribution in [0, 0.1) is 17.0 Å². The first-order chi connectivity index (χ1) is 10.3. The highest BCUT2D eigenvalue weighted by Gasteiger charge is 2.32. The number of nitro groups is 1. The molecule has 0 aliphatic heterocycles. The molecule has 1 aromatic carbocycles. The molecule has 0 saturated heterocycles. The van der Waals surface area contributed by atoms with E-state index in [4.69, 9.17) is 4.74 Å². The molecule has 2 rings (SSSR count). The van der Waals surface area contributed by atoms with Gasteiger partial charge in [-0.05, 0) is 42.0 Å². The van der Waals surface area contributed by atoms with Gasteiger partial charge in [-0.15, -0.1) is 3.97 Å². The fourth-order valence-electron chi connectivity index (χ4n) is 2.20. The number of ether oxygens (including phenoxy) is 1. The lowest BCUT2D eigenvalue weighted by atomic mass is 10.2. The molecule has 1 heterocycles. The van der Waals surface area contributed by atoms with Gasteiger partial charge in [0.2, 0.25) is 0 Å². The van der Waals surface area contributed by atoms with Crippen LogP contribution in [-0.2, 0) is 16.4 Å². The Kier molecular flexibility index (Phi) is 4.23. The number of benzene rings is 1. The summed E-state index contributed by atoms with van der Waals surface area (Å²) >= 11 is 0. The van der Waals surface area contributed by atoms with Crippen LogP contribution < -0.4 is 4.74 Å². The van der Waals surface area contributed by atoms with Crippen LogP contribution in [0.25, 0.3) is 0 Å². The lowest BCUT2D eigenvalue weighted by molar-refractivity contribution is -0.390. The summed E-state index contributed by atoms with van der Waals surface area (Å²) < 4.78 is 31.6. The summed E-state index contributed by atoms with van der Waals surface area (Å²) in [6, 6.07) is 7.36. The molecule has 0 radical (unpaired) electrons. The number of hydrogen-bond donors (Lipinski definition) is 0. The number of aryl methyl sites for hydroxylation is 2. The van der Waals surface area contributed by atoms with E-state index < -0.39 is 20.8 Å². The molecule has 0 spiro atoms. The Bertz CT molecular complexity index is 824. The third-order valence-electron chi connectivity index (χ3n) is 3.34. The molecule has 0 bridgehead atoms. The maximum Gasteiger partial charge on any atom is 0.339 e. The second-order valence-corrected chi connectivity index (χ2v) is 6.45. The fraction of sp³-hybridized carbons (Fsp3) is 0.286. The van der Waals surface area contributed by atoms with Crippen LogP contribution in [0.4, 0.5) is 5.82 Å². The summed E-state index contributed by atoms with van der Waals surface area (Å²) in [6.45, 7) is 3.39. The van der Waals surface area contributed by atoms with Gasteiger partial charge in [0, 0.05) is 6.07 Å². The minimum absolute atomic E-state index is 0.0863. The quantitative estimate of drug-likeness (QED) is 0.622. The Morgan fingerprint density at radius 3 is 2.50 bits per heavy atom. The van der Waals surface area contributed by atoms with Crippen LogP contribution in [0.15, 0.2) is 35.2 Å². The van der Waals surface area contributed by atoms with Crippen molar-refractivity contribution in [3.8, 4) is 5.75 Å². The standard InChI is InChI=1S/C14H16N2O5S/c1-4-11-6-7-12(21-3)13(9-11)22(19,20)15-10(2)5-8-14(15)16(17)18/h5-9H,4H2,1-3H3. The van der Waals surface area contributed by atoms with Gasteiger partial charge in [-0.25, -0.2) is 0 Å². The van der Waals surface area contributed by atoms with Gasteiger partial charge in [0.1, 0.15) is 11.4 Å². The van der Waals surface area contributed by atoms with Crippen molar-refractivity contribution < 1.29 is 18.1 Å². The Hall–Kier alpha value is -2.35. The minimum atomic E-state index is -4.13. The normalized spacial score (nSPS) is 11.4. The predicted octanol–water partition coefficient (Wildman–Crippen LogP) is 2.51. The second kappa shape index (κ2) is 5.80. The van der Waals surface area contributed by atoms with Crippen molar-refractivity contribution in [2.45, 2.75) is 25.2 Å². The Balaban J connectivity index is 2.76. The van der Waals surface area contributed by atoms with E-state index in [2.05, 4.69) is 0 Å². The van der Waals surface area contributed by atoms with E-state index in [1.54, 1.807) is 12.1 Å². The van der Waals surface area contributed by atoms with Crippen molar-refractivity contribution in [2.24, 2.45) is 0 Å². The molecular formula is C14H16N2O5S. The monoisotopic (exact) mass is 324 g/mol. The molecule has 0 unspecified atom stereocenters. The van der Waals surface area contributed by atoms with Crippen molar-refractivity contribution in [3.05, 3.63) is 51.7 Å². The van der Waals surface area contributed by atoms with Crippen molar-refractivity contribution in [2.75, 3.05) is 7.11 Å². The van der Waals surface area contributed by atoms with Crippen LogP contribution in [0.2, 0.25) is 0 Å². The van der Waals surface area contributed by atoms with Crippen molar-refractivity contribution >= 4 is 15.8 Å². The first-order valence-corrected chi connectivity index (χ1v) is 8.02. The Morgan fingerprint density at radius 1 is 1.27 bits per heavy atom. The van der Waals surface area contributed by atoms with E-state index in [1.807, 2.05) is 6.92 Å². The van der Waals surface area contributed by atoms with Gasteiger partial charge in [0.05, 0.1) is 7.11 Å². The molecule has 0 atom stereocenters. The summed E-state index contributed by atoms with van der Waals surface area (Å²) in [7, 11) is -2.77. The van der Waals surface area contributed by atoms with Crippen molar-refractivity contribution in [1.29, 1.82) is 0 Å². The van der Waals surface area contributed by atoms with E-state index in [9.17, 15) is 18.5 Å². The largest absolute Gasteiger partial charge is 0.495 e. The maximum atomic E-state index is 12.9. The highest BCUT2D eigenvalue weighted by Crippen LogP contribution is 2.31. The molecule has 0 aliphatic rings. The van der Waals surface area contributed by atoms with Gasteiger partial charge in [-0.2, -0.15) is 8.42 Å². The predicted molar refractivity (Wildman–Crippen MR) is 80.8 cm³/mol. The average molecular weight is 324 g/mol. The molecule has 2 aromatic rings. The van der Waals surface area contributed by atoms with Gasteiger partial charge in [0.25, 0.3) is 0 Å². The summed E-state index contributed by atoms with van der Waals surface area (Å²) in [4.78, 5) is 10.3. The summed E-state index contributed by atoms with van der Waals surface area (Å²) in [6.07, 6.45) is 0.638. The number of aromatic nitrogens is 1. The van der Waals surface area contributed by atoms with Crippen LogP contribution in [0.5, 0.6) is 5.75 Å². The van der Waals surface area contributed by atoms with E-state index in [0.29, 0.717) is 6.42 Å². The van der Waals surface area contributed by atoms with Gasteiger partial charge in [-0.3, -0.25) is 0 Å². The number of rotatable bonds is 5. The molecule has 1 aromatic heterocycles. The molecule has 22 heavy (non-hydrogen) atoms. The van der Waals surface area contributed by atoms with Gasteiger partial charge in [-0.1, -0.05) is 13.0 Å². The zero-order valence-electron chi connectivity index (χ0n) is 12.4. The van der Waals surface area contributed by atoms with Crippen LogP contribution >= 0.6 is 0 Å². The summed E-state index contributed by atoms with van der Waals surface area (Å²) in [5.74, 6) is -0.346. The molecule has 0 N–H and O–H groups in total. The number of methoxy groups -OCH3 is 1. The maximum absolute atomic E-state index is 12.9. The van der Waals surface area contributed by atoms with E-state index in [-0.39, 0.29) is 16.3 Å². The van der Waals surface area contributed by atoms with E-state index in [1.165, 1.54) is 32.2 Å². The van der Waals surface area contributed by atoms with E-state index in [0.717, 1.165) is 9.54 Å². The topological polar surface area (TPSA) is 91.4 Å². The van der Waals surface area contributed by atoms with Crippen LogP contribution in [0.1, 0.15) is 18.2 Å². The lowest BCUT2D eigenvalue weighted by Crippen LogP contribution is -2.17. The van der Waals surface area contributed by atoms with Gasteiger partial charge >= 0.3 is 15.8 Å². The average Bonchev–Trinajstić information content (AvgIpc) is 2.89. The van der Waals surface area contributed by atoms with E-state index >= 15 is 0 Å². The zero-order valence-corrected chi connectivity index (χ0v) is 13.3. The SMILES string of the molecule is CCc1ccc(OC)c(S(=O)(=O)n2c(C)ccc2[N+](=O)[O-])c1. The first-order valence-electron chi connectivity index (χ1n) is 6.58. The third-order valence-corrected chi connectivity index (χ3v) is 5.17. The number of hydrogen-bond acceptors (Lipinski definition) is 5. The van der Waals surface area contributed by atoms with Gasteiger partial charge in [0.15, 0.2) is 4.90 Å². The highest BCUT2D eigenvalue weighted by atomic mass is 32.2. The smallest absolute Gasteiger partial charge is 0.339 e. The molecule has 8 heteroatoms. The van der Waals surface area contributed by atoms with Crippen molar-refractivity contribution in [1.82, 2.24) is 3.97 Å². The minimum Gasteiger partial charge on any atom is -0.495 e. The van der Waals surface area contributed by atoms with Crippen molar-refractivity contribution in [3.63, 3.8) is 0 Å². The van der Waals surface area contributed by atoms with Crippen LogP contribution in [0.3, 0.4) is 0 Å². The number of nitrogens with zero attached hydrogens (tertiary/aromatic N) is 2. The molecule has 0 saturated carbocycles.